The minimum absolute atomic E-state index is 0.232. The number of likely N-dealkylation sites (tertiary alicyclic amines) is 1. The number of carbonyl (C=O) groups is 1. The van der Waals surface area contributed by atoms with Crippen LogP contribution in [0.4, 0.5) is 4.39 Å². The molecular formula is C15H18FNO2. The van der Waals surface area contributed by atoms with Crippen molar-refractivity contribution in [3.05, 3.63) is 35.6 Å². The Morgan fingerprint density at radius 1 is 1.53 bits per heavy atom. The number of rotatable bonds is 3. The molecule has 1 heterocycles. The highest BCUT2D eigenvalue weighted by Gasteiger charge is 2.54. The Kier molecular flexibility index (Phi) is 3.05. The van der Waals surface area contributed by atoms with Crippen LogP contribution in [0.2, 0.25) is 0 Å². The first kappa shape index (κ1) is 12.6. The largest absolute Gasteiger partial charge is 0.481 e. The molecule has 0 bridgehead atoms. The van der Waals surface area contributed by atoms with Crippen molar-refractivity contribution in [1.82, 2.24) is 4.90 Å². The number of carboxylic acids is 1. The van der Waals surface area contributed by atoms with E-state index in [0.29, 0.717) is 13.1 Å². The molecule has 3 nitrogen and oxygen atoms in total. The Hall–Kier alpha value is -1.42. The van der Waals surface area contributed by atoms with Gasteiger partial charge in [0.05, 0.1) is 5.41 Å². The predicted molar refractivity (Wildman–Crippen MR) is 69.1 cm³/mol. The quantitative estimate of drug-likeness (QED) is 0.911. The molecule has 3 rings (SSSR count). The molecule has 2 atom stereocenters. The summed E-state index contributed by atoms with van der Waals surface area (Å²) in [5.74, 6) is -0.625. The van der Waals surface area contributed by atoms with E-state index in [1.807, 2.05) is 6.07 Å². The number of fused-ring (bicyclic) bond motifs is 1. The molecule has 102 valence electrons. The van der Waals surface area contributed by atoms with Crippen molar-refractivity contribution in [3.63, 3.8) is 0 Å². The molecule has 1 aromatic rings. The highest BCUT2D eigenvalue weighted by atomic mass is 19.1. The van der Waals surface area contributed by atoms with Gasteiger partial charge in [0, 0.05) is 19.6 Å². The van der Waals surface area contributed by atoms with Gasteiger partial charge >= 0.3 is 5.97 Å². The molecular weight excluding hydrogens is 245 g/mol. The summed E-state index contributed by atoms with van der Waals surface area (Å²) in [5.41, 5.74) is 0.369. The minimum atomic E-state index is -0.656. The van der Waals surface area contributed by atoms with Crippen molar-refractivity contribution >= 4 is 5.97 Å². The van der Waals surface area contributed by atoms with Crippen LogP contribution in [0.25, 0.3) is 0 Å². The van der Waals surface area contributed by atoms with Crippen LogP contribution < -0.4 is 0 Å². The van der Waals surface area contributed by atoms with Gasteiger partial charge in [-0.3, -0.25) is 9.69 Å². The van der Waals surface area contributed by atoms with E-state index in [2.05, 4.69) is 4.90 Å². The second-order valence-corrected chi connectivity index (χ2v) is 5.85. The summed E-state index contributed by atoms with van der Waals surface area (Å²) in [5, 5.41) is 9.52. The van der Waals surface area contributed by atoms with Crippen molar-refractivity contribution < 1.29 is 14.3 Å². The average Bonchev–Trinajstić information content (AvgIpc) is 2.86. The van der Waals surface area contributed by atoms with Gasteiger partial charge in [-0.2, -0.15) is 0 Å². The molecule has 0 unspecified atom stereocenters. The van der Waals surface area contributed by atoms with Crippen LogP contribution in [0, 0.1) is 17.2 Å². The zero-order chi connectivity index (χ0) is 13.5. The first-order chi connectivity index (χ1) is 9.10. The van der Waals surface area contributed by atoms with E-state index < -0.39 is 11.4 Å². The normalized spacial score (nSPS) is 30.5. The van der Waals surface area contributed by atoms with Crippen molar-refractivity contribution in [1.29, 1.82) is 0 Å². The monoisotopic (exact) mass is 263 g/mol. The van der Waals surface area contributed by atoms with E-state index in [1.54, 1.807) is 6.07 Å². The summed E-state index contributed by atoms with van der Waals surface area (Å²) >= 11 is 0. The van der Waals surface area contributed by atoms with E-state index in [-0.39, 0.29) is 11.7 Å². The van der Waals surface area contributed by atoms with Crippen molar-refractivity contribution in [2.75, 3.05) is 13.1 Å². The van der Waals surface area contributed by atoms with Gasteiger partial charge in [0.25, 0.3) is 0 Å². The van der Waals surface area contributed by atoms with Crippen molar-refractivity contribution in [2.24, 2.45) is 11.3 Å². The van der Waals surface area contributed by atoms with E-state index in [4.69, 9.17) is 0 Å². The van der Waals surface area contributed by atoms with Gasteiger partial charge in [0.15, 0.2) is 0 Å². The molecule has 1 aliphatic carbocycles. The maximum Gasteiger partial charge on any atom is 0.311 e. The third-order valence-electron chi connectivity index (χ3n) is 4.66. The average molecular weight is 263 g/mol. The van der Waals surface area contributed by atoms with Crippen LogP contribution >= 0.6 is 0 Å². The maximum absolute atomic E-state index is 13.2. The zero-order valence-electron chi connectivity index (χ0n) is 10.8. The third-order valence-corrected chi connectivity index (χ3v) is 4.66. The van der Waals surface area contributed by atoms with E-state index in [9.17, 15) is 14.3 Å². The summed E-state index contributed by atoms with van der Waals surface area (Å²) in [6, 6.07) is 6.56. The molecule has 0 aromatic heterocycles. The lowest BCUT2D eigenvalue weighted by molar-refractivity contribution is -0.149. The van der Waals surface area contributed by atoms with Gasteiger partial charge in [0.2, 0.25) is 0 Å². The second-order valence-electron chi connectivity index (χ2n) is 5.85. The highest BCUT2D eigenvalue weighted by Crippen LogP contribution is 2.49. The van der Waals surface area contributed by atoms with Gasteiger partial charge in [0.1, 0.15) is 5.82 Å². The standard InChI is InChI=1S/C15H18FNO2/c16-13-5-1-3-11(7-13)8-17-9-12-4-2-6-15(12,10-17)14(18)19/h1,3,5,7,12H,2,4,6,8-10H2,(H,18,19)/t12-,15+/m0/s1. The fourth-order valence-electron chi connectivity index (χ4n) is 3.76. The van der Waals surface area contributed by atoms with Gasteiger partial charge in [-0.25, -0.2) is 4.39 Å². The Morgan fingerprint density at radius 3 is 3.05 bits per heavy atom. The van der Waals surface area contributed by atoms with Crippen LogP contribution in [0.3, 0.4) is 0 Å². The lowest BCUT2D eigenvalue weighted by atomic mass is 9.81. The predicted octanol–water partition coefficient (Wildman–Crippen LogP) is 2.51. The van der Waals surface area contributed by atoms with Crippen LogP contribution in [-0.2, 0) is 11.3 Å². The zero-order valence-corrected chi connectivity index (χ0v) is 10.8. The summed E-state index contributed by atoms with van der Waals surface area (Å²) in [6.07, 6.45) is 2.81. The number of benzene rings is 1. The van der Waals surface area contributed by atoms with Gasteiger partial charge in [-0.05, 0) is 36.5 Å². The van der Waals surface area contributed by atoms with Crippen LogP contribution in [0.15, 0.2) is 24.3 Å². The fourth-order valence-corrected chi connectivity index (χ4v) is 3.76. The SMILES string of the molecule is O=C(O)[C@@]12CCC[C@H]1CN(Cc1cccc(F)c1)C2. The Bertz CT molecular complexity index is 505. The third kappa shape index (κ3) is 2.14. The second kappa shape index (κ2) is 4.60. The highest BCUT2D eigenvalue weighted by molar-refractivity contribution is 5.76. The molecule has 0 radical (unpaired) electrons. The number of carboxylic acid groups (broad SMARTS) is 1. The van der Waals surface area contributed by atoms with Crippen LogP contribution in [0.1, 0.15) is 24.8 Å². The molecule has 1 saturated carbocycles. The summed E-state index contributed by atoms with van der Waals surface area (Å²) < 4.78 is 13.2. The van der Waals surface area contributed by atoms with Crippen molar-refractivity contribution in [2.45, 2.75) is 25.8 Å². The first-order valence-electron chi connectivity index (χ1n) is 6.80. The van der Waals surface area contributed by atoms with Crippen LogP contribution in [0.5, 0.6) is 0 Å². The van der Waals surface area contributed by atoms with Gasteiger partial charge < -0.3 is 5.11 Å². The minimum Gasteiger partial charge on any atom is -0.481 e. The molecule has 0 spiro atoms. The summed E-state index contributed by atoms with van der Waals surface area (Å²) in [6.45, 7) is 2.07. The Labute approximate surface area is 112 Å². The Morgan fingerprint density at radius 2 is 2.37 bits per heavy atom. The maximum atomic E-state index is 13.2. The van der Waals surface area contributed by atoms with Crippen LogP contribution in [-0.4, -0.2) is 29.1 Å². The summed E-state index contributed by atoms with van der Waals surface area (Å²) in [7, 11) is 0. The fraction of sp³-hybridized carbons (Fsp3) is 0.533. The first-order valence-corrected chi connectivity index (χ1v) is 6.80. The smallest absolute Gasteiger partial charge is 0.311 e. The van der Waals surface area contributed by atoms with Gasteiger partial charge in [-0.15, -0.1) is 0 Å². The number of nitrogens with zero attached hydrogens (tertiary/aromatic N) is 1. The molecule has 1 N–H and O–H groups in total. The van der Waals surface area contributed by atoms with Crippen molar-refractivity contribution in [3.8, 4) is 0 Å². The number of aliphatic carboxylic acids is 1. The molecule has 1 saturated heterocycles. The number of hydrogen-bond donors (Lipinski definition) is 1. The molecule has 2 fully saturated rings. The van der Waals surface area contributed by atoms with Gasteiger partial charge in [-0.1, -0.05) is 18.6 Å². The molecule has 1 aromatic carbocycles. The molecule has 1 aliphatic heterocycles. The molecule has 4 heteroatoms. The van der Waals surface area contributed by atoms with E-state index >= 15 is 0 Å². The molecule has 0 amide bonds. The molecule has 19 heavy (non-hydrogen) atoms. The lowest BCUT2D eigenvalue weighted by Crippen LogP contribution is -2.35. The number of halogens is 1. The topological polar surface area (TPSA) is 40.5 Å². The lowest BCUT2D eigenvalue weighted by Gasteiger charge is -2.23. The number of hydrogen-bond acceptors (Lipinski definition) is 2. The van der Waals surface area contributed by atoms with E-state index in [0.717, 1.165) is 31.4 Å². The summed E-state index contributed by atoms with van der Waals surface area (Å²) in [4.78, 5) is 13.7. The van der Waals surface area contributed by atoms with E-state index in [1.165, 1.54) is 12.1 Å². The molecule has 2 aliphatic rings. The Balaban J connectivity index is 1.74.